The van der Waals surface area contributed by atoms with Crippen molar-refractivity contribution < 1.29 is 0 Å². The molecule has 2 aromatic heterocycles. The van der Waals surface area contributed by atoms with Crippen LogP contribution >= 0.6 is 27.5 Å². The van der Waals surface area contributed by atoms with Crippen LogP contribution in [0.1, 0.15) is 19.3 Å². The third-order valence-corrected chi connectivity index (χ3v) is 4.40. The summed E-state index contributed by atoms with van der Waals surface area (Å²) < 4.78 is 0.949. The van der Waals surface area contributed by atoms with E-state index in [0.717, 1.165) is 40.0 Å². The number of hydrogen-bond acceptors (Lipinski definition) is 3. The maximum Gasteiger partial charge on any atom is 0.112 e. The highest BCUT2D eigenvalue weighted by molar-refractivity contribution is 9.10. The minimum Gasteiger partial charge on any atom is -0.383 e. The second kappa shape index (κ2) is 5.25. The topological polar surface area (TPSA) is 37.8 Å². The summed E-state index contributed by atoms with van der Waals surface area (Å²) in [6.45, 7) is 0.969. The van der Waals surface area contributed by atoms with Gasteiger partial charge >= 0.3 is 0 Å². The Hall–Kier alpha value is -0.870. The summed E-state index contributed by atoms with van der Waals surface area (Å²) in [5, 5.41) is 3.52. The van der Waals surface area contributed by atoms with E-state index in [9.17, 15) is 0 Å². The van der Waals surface area contributed by atoms with Crippen LogP contribution < -0.4 is 5.32 Å². The molecule has 19 heavy (non-hydrogen) atoms. The van der Waals surface area contributed by atoms with Gasteiger partial charge in [0.05, 0.1) is 11.2 Å². The molecule has 5 heteroatoms. The molecule has 0 radical (unpaired) electrons. The summed E-state index contributed by atoms with van der Waals surface area (Å²) in [6.07, 6.45) is 7.26. The maximum absolute atomic E-state index is 5.86. The van der Waals surface area contributed by atoms with Gasteiger partial charge in [-0.1, -0.05) is 0 Å². The van der Waals surface area contributed by atoms with E-state index in [2.05, 4.69) is 31.2 Å². The average Bonchev–Trinajstić information content (AvgIpc) is 3.16. The largest absolute Gasteiger partial charge is 0.383 e. The third-order valence-electron chi connectivity index (χ3n) is 3.78. The number of alkyl halides is 1. The number of rotatable bonds is 5. The van der Waals surface area contributed by atoms with Gasteiger partial charge in [0.25, 0.3) is 0 Å². The zero-order valence-electron chi connectivity index (χ0n) is 10.5. The fourth-order valence-corrected chi connectivity index (χ4v) is 3.04. The molecule has 1 aliphatic rings. The molecule has 0 amide bonds. The van der Waals surface area contributed by atoms with E-state index in [-0.39, 0.29) is 0 Å². The summed E-state index contributed by atoms with van der Waals surface area (Å²) in [4.78, 5) is 8.80. The molecule has 0 atom stereocenters. The molecule has 0 unspecified atom stereocenters. The van der Waals surface area contributed by atoms with Crippen LogP contribution in [-0.2, 0) is 0 Å². The second-order valence-electron chi connectivity index (χ2n) is 5.17. The third kappa shape index (κ3) is 2.84. The van der Waals surface area contributed by atoms with Crippen molar-refractivity contribution >= 4 is 44.3 Å². The van der Waals surface area contributed by atoms with Gasteiger partial charge in [0.15, 0.2) is 0 Å². The molecule has 0 aliphatic heterocycles. The van der Waals surface area contributed by atoms with Crippen LogP contribution in [0.3, 0.4) is 0 Å². The minimum absolute atomic E-state index is 0.409. The van der Waals surface area contributed by atoms with Gasteiger partial charge in [0, 0.05) is 29.3 Å². The number of fused-ring (bicyclic) bond motifs is 1. The first-order valence-corrected chi connectivity index (χ1v) is 7.75. The Bertz CT molecular complexity index is 598. The van der Waals surface area contributed by atoms with Crippen molar-refractivity contribution in [1.82, 2.24) is 9.97 Å². The fourth-order valence-electron chi connectivity index (χ4n) is 2.32. The van der Waals surface area contributed by atoms with Gasteiger partial charge in [-0.25, -0.2) is 0 Å². The molecule has 0 saturated heterocycles. The maximum atomic E-state index is 5.86. The Morgan fingerprint density at radius 2 is 2.21 bits per heavy atom. The highest BCUT2D eigenvalue weighted by atomic mass is 79.9. The van der Waals surface area contributed by atoms with Crippen LogP contribution in [0.25, 0.3) is 11.0 Å². The monoisotopic (exact) mass is 339 g/mol. The number of nitrogens with one attached hydrogen (secondary N) is 1. The van der Waals surface area contributed by atoms with Crippen LogP contribution in [0.4, 0.5) is 5.69 Å². The Balaban J connectivity index is 1.81. The number of hydrogen-bond donors (Lipinski definition) is 1. The fraction of sp³-hybridized carbons (Fsp3) is 0.429. The molecule has 1 fully saturated rings. The number of nitrogens with zero attached hydrogens (tertiary/aromatic N) is 2. The molecule has 1 saturated carbocycles. The van der Waals surface area contributed by atoms with Crippen LogP contribution in [-0.4, -0.2) is 22.4 Å². The van der Waals surface area contributed by atoms with Crippen LogP contribution in [0.2, 0.25) is 0 Å². The molecule has 0 spiro atoms. The van der Waals surface area contributed by atoms with Crippen molar-refractivity contribution in [2.45, 2.75) is 19.3 Å². The van der Waals surface area contributed by atoms with Crippen LogP contribution in [0, 0.1) is 5.41 Å². The van der Waals surface area contributed by atoms with Gasteiger partial charge in [-0.05, 0) is 52.7 Å². The molecule has 2 heterocycles. The molecule has 100 valence electrons. The van der Waals surface area contributed by atoms with E-state index in [0.29, 0.717) is 5.41 Å². The molecular formula is C14H15BrClN3. The lowest BCUT2D eigenvalue weighted by molar-refractivity contribution is 0.525. The molecule has 2 aromatic rings. The standard InChI is InChI=1S/C14H15BrClN3/c15-10-7-12-13(18-8-10)11(1-6-17-12)19-9-14(2-3-14)4-5-16/h1,6-8H,2-5,9H2,(H,17,19). The minimum atomic E-state index is 0.409. The van der Waals surface area contributed by atoms with Crippen molar-refractivity contribution in [3.05, 3.63) is 29.0 Å². The van der Waals surface area contributed by atoms with Gasteiger partial charge in [-0.15, -0.1) is 11.6 Å². The van der Waals surface area contributed by atoms with Gasteiger partial charge in [0.2, 0.25) is 0 Å². The van der Waals surface area contributed by atoms with Crippen LogP contribution in [0.15, 0.2) is 29.0 Å². The highest BCUT2D eigenvalue weighted by Crippen LogP contribution is 2.49. The van der Waals surface area contributed by atoms with E-state index >= 15 is 0 Å². The Kier molecular flexibility index (Phi) is 3.63. The van der Waals surface area contributed by atoms with Crippen molar-refractivity contribution in [3.8, 4) is 0 Å². The highest BCUT2D eigenvalue weighted by Gasteiger charge is 2.41. The van der Waals surface area contributed by atoms with Gasteiger partial charge in [-0.3, -0.25) is 9.97 Å². The lowest BCUT2D eigenvalue weighted by Crippen LogP contribution is -2.16. The second-order valence-corrected chi connectivity index (χ2v) is 6.47. The molecule has 1 aliphatic carbocycles. The lowest BCUT2D eigenvalue weighted by Gasteiger charge is -2.16. The SMILES string of the molecule is ClCCC1(CNc2ccnc3cc(Br)cnc23)CC1. The number of halogens is 2. The van der Waals surface area contributed by atoms with Gasteiger partial charge in [-0.2, -0.15) is 0 Å². The van der Waals surface area contributed by atoms with Crippen molar-refractivity contribution in [1.29, 1.82) is 0 Å². The Morgan fingerprint density at radius 1 is 1.37 bits per heavy atom. The predicted octanol–water partition coefficient (Wildman–Crippen LogP) is 4.21. The number of anilines is 1. The Morgan fingerprint density at radius 3 is 2.95 bits per heavy atom. The molecular weight excluding hydrogens is 326 g/mol. The number of pyridine rings is 2. The molecule has 3 nitrogen and oxygen atoms in total. The summed E-state index contributed by atoms with van der Waals surface area (Å²) in [5.41, 5.74) is 3.29. The predicted molar refractivity (Wildman–Crippen MR) is 82.7 cm³/mol. The van der Waals surface area contributed by atoms with Crippen LogP contribution in [0.5, 0.6) is 0 Å². The van der Waals surface area contributed by atoms with Crippen molar-refractivity contribution in [2.24, 2.45) is 5.41 Å². The van der Waals surface area contributed by atoms with E-state index in [1.807, 2.05) is 18.3 Å². The summed E-state index contributed by atoms with van der Waals surface area (Å²) in [7, 11) is 0. The zero-order chi connectivity index (χ0) is 13.3. The lowest BCUT2D eigenvalue weighted by atomic mass is 10.0. The van der Waals surface area contributed by atoms with Crippen molar-refractivity contribution in [2.75, 3.05) is 17.7 Å². The summed E-state index contributed by atoms with van der Waals surface area (Å²) in [6, 6.07) is 3.97. The van der Waals surface area contributed by atoms with E-state index in [4.69, 9.17) is 11.6 Å². The van der Waals surface area contributed by atoms with E-state index in [1.54, 1.807) is 6.20 Å². The quantitative estimate of drug-likeness (QED) is 0.828. The normalized spacial score (nSPS) is 16.5. The smallest absolute Gasteiger partial charge is 0.112 e. The molecule has 0 aromatic carbocycles. The summed E-state index contributed by atoms with van der Waals surface area (Å²) >= 11 is 9.29. The van der Waals surface area contributed by atoms with E-state index in [1.165, 1.54) is 12.8 Å². The first kappa shape index (κ1) is 13.1. The molecule has 3 rings (SSSR count). The summed E-state index contributed by atoms with van der Waals surface area (Å²) in [5.74, 6) is 0.740. The van der Waals surface area contributed by atoms with E-state index < -0.39 is 0 Å². The average molecular weight is 341 g/mol. The van der Waals surface area contributed by atoms with Crippen molar-refractivity contribution in [3.63, 3.8) is 0 Å². The first-order chi connectivity index (χ1) is 9.22. The molecule has 0 bridgehead atoms. The Labute approximate surface area is 125 Å². The number of aromatic nitrogens is 2. The zero-order valence-corrected chi connectivity index (χ0v) is 12.8. The van der Waals surface area contributed by atoms with Gasteiger partial charge in [0.1, 0.15) is 5.52 Å². The van der Waals surface area contributed by atoms with Gasteiger partial charge < -0.3 is 5.32 Å². The molecule has 1 N–H and O–H groups in total. The first-order valence-electron chi connectivity index (χ1n) is 6.43.